The number of likely N-dealkylation sites (tertiary alicyclic amines) is 1. The molecule has 1 saturated heterocycles. The Balaban J connectivity index is 1.86. The molecule has 28 heavy (non-hydrogen) atoms. The van der Waals surface area contributed by atoms with Gasteiger partial charge in [-0.05, 0) is 42.4 Å². The summed E-state index contributed by atoms with van der Waals surface area (Å²) >= 11 is 7.42. The van der Waals surface area contributed by atoms with Crippen molar-refractivity contribution >= 4 is 40.2 Å². The molecule has 1 aromatic carbocycles. The van der Waals surface area contributed by atoms with Gasteiger partial charge >= 0.3 is 0 Å². The number of rotatable bonds is 5. The molecule has 0 radical (unpaired) electrons. The van der Waals surface area contributed by atoms with E-state index in [4.69, 9.17) is 11.6 Å². The zero-order valence-electron chi connectivity index (χ0n) is 16.9. The number of aromatic nitrogens is 2. The van der Waals surface area contributed by atoms with Crippen LogP contribution in [-0.4, -0.2) is 39.2 Å². The topological polar surface area (TPSA) is 55.2 Å². The van der Waals surface area contributed by atoms with Crippen molar-refractivity contribution in [1.82, 2.24) is 14.5 Å². The Morgan fingerprint density at radius 2 is 1.96 bits per heavy atom. The van der Waals surface area contributed by atoms with Gasteiger partial charge in [-0.2, -0.15) is 0 Å². The highest BCUT2D eigenvalue weighted by atomic mass is 35.5. The molecule has 2 heterocycles. The average molecular weight is 422 g/mol. The van der Waals surface area contributed by atoms with Gasteiger partial charge in [-0.3, -0.25) is 14.2 Å². The van der Waals surface area contributed by atoms with Crippen LogP contribution in [0.3, 0.4) is 0 Å². The summed E-state index contributed by atoms with van der Waals surface area (Å²) in [5.41, 5.74) is 0.515. The molecule has 3 rings (SSSR count). The third-order valence-electron chi connectivity index (χ3n) is 4.98. The number of hydrogen-bond donors (Lipinski definition) is 0. The summed E-state index contributed by atoms with van der Waals surface area (Å²) in [7, 11) is 0. The van der Waals surface area contributed by atoms with Gasteiger partial charge < -0.3 is 4.90 Å². The smallest absolute Gasteiger partial charge is 0.262 e. The maximum absolute atomic E-state index is 13.0. The number of hydrogen-bond acceptors (Lipinski definition) is 4. The second kappa shape index (κ2) is 8.87. The van der Waals surface area contributed by atoms with Gasteiger partial charge in [-0.1, -0.05) is 51.1 Å². The number of amides is 1. The fourth-order valence-corrected chi connectivity index (χ4v) is 4.98. The van der Waals surface area contributed by atoms with Gasteiger partial charge in [-0.25, -0.2) is 4.98 Å². The summed E-state index contributed by atoms with van der Waals surface area (Å²) in [5.74, 6) is 1.75. The summed E-state index contributed by atoms with van der Waals surface area (Å²) in [5, 5.41) is 1.63. The average Bonchev–Trinajstić information content (AvgIpc) is 2.62. The van der Waals surface area contributed by atoms with Crippen LogP contribution >= 0.6 is 23.4 Å². The molecule has 0 spiro atoms. The van der Waals surface area contributed by atoms with Gasteiger partial charge in [0.15, 0.2) is 5.16 Å². The van der Waals surface area contributed by atoms with Crippen molar-refractivity contribution in [2.24, 2.45) is 17.8 Å². The van der Waals surface area contributed by atoms with Crippen LogP contribution in [-0.2, 0) is 11.3 Å². The number of fused-ring (bicyclic) bond motifs is 1. The highest BCUT2D eigenvalue weighted by Crippen LogP contribution is 2.24. The molecule has 0 unspecified atom stereocenters. The normalized spacial score (nSPS) is 20.1. The lowest BCUT2D eigenvalue weighted by Crippen LogP contribution is -2.43. The Kier molecular flexibility index (Phi) is 6.71. The minimum atomic E-state index is -0.101. The Hall–Kier alpha value is -1.53. The lowest BCUT2D eigenvalue weighted by Gasteiger charge is -2.35. The fraction of sp³-hybridized carbons (Fsp3) is 0.571. The third-order valence-corrected chi connectivity index (χ3v) is 6.17. The predicted octanol–water partition coefficient (Wildman–Crippen LogP) is 4.30. The van der Waals surface area contributed by atoms with Gasteiger partial charge in [0.2, 0.25) is 5.91 Å². The van der Waals surface area contributed by atoms with Crippen LogP contribution in [0.5, 0.6) is 0 Å². The molecule has 0 bridgehead atoms. The Bertz CT molecular complexity index is 918. The van der Waals surface area contributed by atoms with Gasteiger partial charge in [0.1, 0.15) is 0 Å². The zero-order valence-corrected chi connectivity index (χ0v) is 18.5. The van der Waals surface area contributed by atoms with E-state index in [-0.39, 0.29) is 17.4 Å². The zero-order chi connectivity index (χ0) is 20.4. The molecule has 2 aromatic rings. The first-order chi connectivity index (χ1) is 13.2. The van der Waals surface area contributed by atoms with Crippen LogP contribution in [0.2, 0.25) is 5.02 Å². The van der Waals surface area contributed by atoms with E-state index < -0.39 is 0 Å². The molecule has 0 aliphatic carbocycles. The van der Waals surface area contributed by atoms with Gasteiger partial charge in [0, 0.05) is 24.7 Å². The summed E-state index contributed by atoms with van der Waals surface area (Å²) in [6.07, 6.45) is 1.17. The number of nitrogens with zero attached hydrogens (tertiary/aromatic N) is 3. The molecule has 1 aliphatic heterocycles. The van der Waals surface area contributed by atoms with Crippen molar-refractivity contribution in [1.29, 1.82) is 0 Å². The fourth-order valence-electron chi connectivity index (χ4n) is 3.89. The maximum Gasteiger partial charge on any atom is 0.262 e. The van der Waals surface area contributed by atoms with Gasteiger partial charge in [0.25, 0.3) is 5.56 Å². The SMILES string of the molecule is CC(C)Cn1c(SCC(=O)N2C[C@H](C)C[C@@H](C)C2)nc2ccc(Cl)cc2c1=O. The molecule has 2 atom stereocenters. The minimum absolute atomic E-state index is 0.101. The minimum Gasteiger partial charge on any atom is -0.341 e. The predicted molar refractivity (Wildman–Crippen MR) is 116 cm³/mol. The quantitative estimate of drug-likeness (QED) is 0.533. The van der Waals surface area contributed by atoms with Gasteiger partial charge in [-0.15, -0.1) is 0 Å². The van der Waals surface area contributed by atoms with Crippen molar-refractivity contribution in [2.75, 3.05) is 18.8 Å². The molecule has 1 fully saturated rings. The number of carbonyl (C=O) groups is 1. The Morgan fingerprint density at radius 1 is 1.29 bits per heavy atom. The van der Waals surface area contributed by atoms with Crippen LogP contribution in [0.15, 0.2) is 28.2 Å². The standard InChI is InChI=1S/C21H28ClN3O2S/c1-13(2)9-25-20(27)17-8-16(22)5-6-18(17)23-21(25)28-12-19(26)24-10-14(3)7-15(4)11-24/h5-6,8,13-15H,7,9-12H2,1-4H3/t14-,15-/m1/s1. The van der Waals surface area contributed by atoms with Crippen molar-refractivity contribution < 1.29 is 4.79 Å². The summed E-state index contributed by atoms with van der Waals surface area (Å²) < 4.78 is 1.68. The number of benzene rings is 1. The van der Waals surface area contributed by atoms with Crippen molar-refractivity contribution in [3.8, 4) is 0 Å². The lowest BCUT2D eigenvalue weighted by atomic mass is 9.92. The number of halogens is 1. The maximum atomic E-state index is 13.0. The highest BCUT2D eigenvalue weighted by molar-refractivity contribution is 7.99. The molecule has 1 aromatic heterocycles. The van der Waals surface area contributed by atoms with Crippen molar-refractivity contribution in [3.05, 3.63) is 33.6 Å². The van der Waals surface area contributed by atoms with Crippen molar-refractivity contribution in [3.63, 3.8) is 0 Å². The van der Waals surface area contributed by atoms with Crippen LogP contribution in [0, 0.1) is 17.8 Å². The second-order valence-corrected chi connectivity index (χ2v) is 9.78. The molecular formula is C21H28ClN3O2S. The summed E-state index contributed by atoms with van der Waals surface area (Å²) in [6, 6.07) is 5.16. The van der Waals surface area contributed by atoms with E-state index in [1.165, 1.54) is 18.2 Å². The Morgan fingerprint density at radius 3 is 2.61 bits per heavy atom. The monoisotopic (exact) mass is 421 g/mol. The highest BCUT2D eigenvalue weighted by Gasteiger charge is 2.25. The van der Waals surface area contributed by atoms with Gasteiger partial charge in [0.05, 0.1) is 16.7 Å². The Labute approximate surface area is 175 Å². The van der Waals surface area contributed by atoms with E-state index in [0.29, 0.717) is 45.2 Å². The molecule has 1 aliphatic rings. The van der Waals surface area contributed by atoms with E-state index in [1.807, 2.05) is 4.90 Å². The lowest BCUT2D eigenvalue weighted by molar-refractivity contribution is -0.130. The van der Waals surface area contributed by atoms with E-state index in [1.54, 1.807) is 22.8 Å². The van der Waals surface area contributed by atoms with Crippen molar-refractivity contribution in [2.45, 2.75) is 45.8 Å². The molecule has 152 valence electrons. The van der Waals surface area contributed by atoms with Crippen LogP contribution < -0.4 is 5.56 Å². The van der Waals surface area contributed by atoms with Crippen LogP contribution in [0.1, 0.15) is 34.1 Å². The van der Waals surface area contributed by atoms with E-state index >= 15 is 0 Å². The number of carbonyl (C=O) groups excluding carboxylic acids is 1. The second-order valence-electron chi connectivity index (χ2n) is 8.40. The first kappa shape index (κ1) is 21.2. The largest absolute Gasteiger partial charge is 0.341 e. The molecule has 0 N–H and O–H groups in total. The molecule has 5 nitrogen and oxygen atoms in total. The molecule has 7 heteroatoms. The molecule has 0 saturated carbocycles. The van der Waals surface area contributed by atoms with E-state index in [2.05, 4.69) is 32.7 Å². The molecular weight excluding hydrogens is 394 g/mol. The first-order valence-corrected chi connectivity index (χ1v) is 11.2. The van der Waals surface area contributed by atoms with Crippen LogP contribution in [0.4, 0.5) is 0 Å². The van der Waals surface area contributed by atoms with E-state index in [0.717, 1.165) is 13.1 Å². The summed E-state index contributed by atoms with van der Waals surface area (Å²) in [6.45, 7) is 10.7. The molecule has 1 amide bonds. The third kappa shape index (κ3) is 4.90. The van der Waals surface area contributed by atoms with Crippen LogP contribution in [0.25, 0.3) is 10.9 Å². The van der Waals surface area contributed by atoms with E-state index in [9.17, 15) is 9.59 Å². The number of thioether (sulfide) groups is 1. The number of piperidine rings is 1. The first-order valence-electron chi connectivity index (χ1n) is 9.85. The summed E-state index contributed by atoms with van der Waals surface area (Å²) in [4.78, 5) is 32.4.